The summed E-state index contributed by atoms with van der Waals surface area (Å²) in [4.78, 5) is 28.0. The smallest absolute Gasteiger partial charge is 0.254 e. The molecule has 3 aromatic carbocycles. The zero-order valence-corrected chi connectivity index (χ0v) is 18.6. The maximum absolute atomic E-state index is 13.6. The first-order chi connectivity index (χ1) is 15.9. The molecule has 2 amide bonds. The van der Waals surface area contributed by atoms with Gasteiger partial charge < -0.3 is 15.0 Å². The van der Waals surface area contributed by atoms with Gasteiger partial charge in [-0.15, -0.1) is 0 Å². The average Bonchev–Trinajstić information content (AvgIpc) is 2.84. The molecule has 0 aliphatic carbocycles. The highest BCUT2D eigenvalue weighted by molar-refractivity contribution is 6.08. The maximum atomic E-state index is 13.6. The van der Waals surface area contributed by atoms with Gasteiger partial charge in [-0.2, -0.15) is 0 Å². The van der Waals surface area contributed by atoms with Crippen LogP contribution in [0.1, 0.15) is 41.7 Å². The van der Waals surface area contributed by atoms with Crippen molar-refractivity contribution in [3.05, 3.63) is 77.4 Å². The lowest BCUT2D eigenvalue weighted by molar-refractivity contribution is -0.127. The van der Waals surface area contributed by atoms with Gasteiger partial charge in [-0.1, -0.05) is 30.3 Å². The van der Waals surface area contributed by atoms with Crippen molar-refractivity contribution in [2.45, 2.75) is 25.8 Å². The van der Waals surface area contributed by atoms with Gasteiger partial charge >= 0.3 is 0 Å². The van der Waals surface area contributed by atoms with Crippen LogP contribution in [0.4, 0.5) is 8.78 Å². The Labute approximate surface area is 191 Å². The van der Waals surface area contributed by atoms with Crippen LogP contribution in [0.2, 0.25) is 0 Å². The monoisotopic (exact) mass is 452 g/mol. The van der Waals surface area contributed by atoms with E-state index in [1.165, 1.54) is 6.07 Å². The van der Waals surface area contributed by atoms with E-state index < -0.39 is 17.7 Å². The van der Waals surface area contributed by atoms with Crippen molar-refractivity contribution in [1.82, 2.24) is 10.2 Å². The molecule has 5 nitrogen and oxygen atoms in total. The molecule has 0 spiro atoms. The van der Waals surface area contributed by atoms with Gasteiger partial charge in [-0.3, -0.25) is 9.59 Å². The number of ether oxygens (including phenoxy) is 1. The molecule has 1 heterocycles. The van der Waals surface area contributed by atoms with E-state index in [-0.39, 0.29) is 17.7 Å². The summed E-state index contributed by atoms with van der Waals surface area (Å²) < 4.78 is 32.2. The van der Waals surface area contributed by atoms with E-state index in [1.54, 1.807) is 31.1 Å². The fraction of sp³-hybridized carbons (Fsp3) is 0.308. The second-order valence-corrected chi connectivity index (χ2v) is 8.36. The largest absolute Gasteiger partial charge is 0.496 e. The van der Waals surface area contributed by atoms with Crippen molar-refractivity contribution in [3.63, 3.8) is 0 Å². The minimum atomic E-state index is -0.949. The fourth-order valence-corrected chi connectivity index (χ4v) is 4.38. The van der Waals surface area contributed by atoms with Crippen molar-refractivity contribution in [2.75, 3.05) is 20.2 Å². The van der Waals surface area contributed by atoms with Crippen molar-refractivity contribution in [3.8, 4) is 5.75 Å². The van der Waals surface area contributed by atoms with Crippen LogP contribution in [0.5, 0.6) is 5.75 Å². The van der Waals surface area contributed by atoms with E-state index in [4.69, 9.17) is 4.74 Å². The maximum Gasteiger partial charge on any atom is 0.254 e. The SMILES string of the molecule is COc1ccc(C(=O)N2CCC[C@H](C(=O)N[C@H](C)c3ccc(F)c(F)c3)C2)c2ccccc12. The molecule has 1 fully saturated rings. The Balaban J connectivity index is 1.48. The molecule has 7 heteroatoms. The van der Waals surface area contributed by atoms with Crippen LogP contribution >= 0.6 is 0 Å². The van der Waals surface area contributed by atoms with Gasteiger partial charge in [0.1, 0.15) is 5.75 Å². The predicted molar refractivity (Wildman–Crippen MR) is 122 cm³/mol. The summed E-state index contributed by atoms with van der Waals surface area (Å²) in [6.07, 6.45) is 1.36. The van der Waals surface area contributed by atoms with Crippen LogP contribution in [0, 0.1) is 17.6 Å². The number of hydrogen-bond donors (Lipinski definition) is 1. The van der Waals surface area contributed by atoms with Crippen LogP contribution in [0.25, 0.3) is 10.8 Å². The Morgan fingerprint density at radius 1 is 1.06 bits per heavy atom. The minimum absolute atomic E-state index is 0.125. The normalized spacial score (nSPS) is 17.0. The Morgan fingerprint density at radius 3 is 2.55 bits per heavy atom. The Morgan fingerprint density at radius 2 is 1.82 bits per heavy atom. The van der Waals surface area contributed by atoms with E-state index >= 15 is 0 Å². The molecule has 1 N–H and O–H groups in total. The van der Waals surface area contributed by atoms with Crippen molar-refractivity contribution < 1.29 is 23.1 Å². The quantitative estimate of drug-likeness (QED) is 0.602. The van der Waals surface area contributed by atoms with Crippen molar-refractivity contribution in [1.29, 1.82) is 0 Å². The minimum Gasteiger partial charge on any atom is -0.496 e. The molecular formula is C26H26F2N2O3. The molecule has 0 unspecified atom stereocenters. The molecule has 0 radical (unpaired) electrons. The molecule has 1 aliphatic rings. The number of nitrogens with one attached hydrogen (secondary N) is 1. The van der Waals surface area contributed by atoms with Crippen LogP contribution in [-0.4, -0.2) is 36.9 Å². The van der Waals surface area contributed by atoms with Crippen molar-refractivity contribution in [2.24, 2.45) is 5.92 Å². The molecular weight excluding hydrogens is 426 g/mol. The number of benzene rings is 3. The number of amides is 2. The first-order valence-corrected chi connectivity index (χ1v) is 11.0. The topological polar surface area (TPSA) is 58.6 Å². The molecule has 0 aromatic heterocycles. The summed E-state index contributed by atoms with van der Waals surface area (Å²) in [5.41, 5.74) is 1.05. The number of likely N-dealkylation sites (tertiary alicyclic amines) is 1. The van der Waals surface area contributed by atoms with Crippen LogP contribution in [0.15, 0.2) is 54.6 Å². The van der Waals surface area contributed by atoms with Gasteiger partial charge in [0, 0.05) is 24.0 Å². The number of carbonyl (C=O) groups excluding carboxylic acids is 2. The second-order valence-electron chi connectivity index (χ2n) is 8.36. The Hall–Kier alpha value is -3.48. The van der Waals surface area contributed by atoms with E-state index in [2.05, 4.69) is 5.32 Å². The first kappa shape index (κ1) is 22.7. The lowest BCUT2D eigenvalue weighted by Crippen LogP contribution is -2.45. The molecule has 1 aliphatic heterocycles. The molecule has 2 atom stereocenters. The van der Waals surface area contributed by atoms with Gasteiger partial charge in [-0.05, 0) is 55.0 Å². The van der Waals surface area contributed by atoms with E-state index in [0.717, 1.165) is 22.9 Å². The molecule has 0 bridgehead atoms. The van der Waals surface area contributed by atoms with Crippen molar-refractivity contribution >= 4 is 22.6 Å². The third-order valence-corrected chi connectivity index (χ3v) is 6.22. The highest BCUT2D eigenvalue weighted by atomic mass is 19.2. The lowest BCUT2D eigenvalue weighted by atomic mass is 9.95. The zero-order valence-electron chi connectivity index (χ0n) is 18.6. The van der Waals surface area contributed by atoms with Crippen LogP contribution in [0.3, 0.4) is 0 Å². The zero-order chi connectivity index (χ0) is 23.5. The molecule has 33 heavy (non-hydrogen) atoms. The molecule has 172 valence electrons. The Bertz CT molecular complexity index is 1200. The summed E-state index contributed by atoms with van der Waals surface area (Å²) in [7, 11) is 1.60. The number of nitrogens with zero attached hydrogens (tertiary/aromatic N) is 1. The van der Waals surface area contributed by atoms with Gasteiger partial charge in [0.25, 0.3) is 5.91 Å². The number of carbonyl (C=O) groups is 2. The fourth-order valence-electron chi connectivity index (χ4n) is 4.38. The number of piperidine rings is 1. The number of methoxy groups -OCH3 is 1. The second kappa shape index (κ2) is 9.57. The van der Waals surface area contributed by atoms with Gasteiger partial charge in [0.15, 0.2) is 11.6 Å². The Kier molecular flexibility index (Phi) is 6.58. The summed E-state index contributed by atoms with van der Waals surface area (Å²) in [6.45, 7) is 2.59. The van der Waals surface area contributed by atoms with Crippen LogP contribution < -0.4 is 10.1 Å². The summed E-state index contributed by atoms with van der Waals surface area (Å²) in [5, 5.41) is 4.54. The molecule has 3 aromatic rings. The number of halogens is 2. The highest BCUT2D eigenvalue weighted by Crippen LogP contribution is 2.30. The summed E-state index contributed by atoms with van der Waals surface area (Å²) in [5.74, 6) is -1.88. The third kappa shape index (κ3) is 4.67. The molecule has 0 saturated carbocycles. The lowest BCUT2D eigenvalue weighted by Gasteiger charge is -2.33. The average molecular weight is 453 g/mol. The van der Waals surface area contributed by atoms with E-state index in [1.807, 2.05) is 24.3 Å². The molecule has 1 saturated heterocycles. The summed E-state index contributed by atoms with van der Waals surface area (Å²) >= 11 is 0. The standard InChI is InChI=1S/C26H26F2N2O3/c1-16(17-9-11-22(27)23(28)14-17)29-25(31)18-6-5-13-30(15-18)26(32)21-10-12-24(33-2)20-8-4-3-7-19(20)21/h3-4,7-12,14,16,18H,5-6,13,15H2,1-2H3,(H,29,31)/t16-,18+/m1/s1. The van der Waals surface area contributed by atoms with E-state index in [0.29, 0.717) is 42.8 Å². The first-order valence-electron chi connectivity index (χ1n) is 11.0. The molecule has 4 rings (SSSR count). The number of hydrogen-bond acceptors (Lipinski definition) is 3. The highest BCUT2D eigenvalue weighted by Gasteiger charge is 2.30. The number of rotatable bonds is 5. The van der Waals surface area contributed by atoms with Gasteiger partial charge in [0.2, 0.25) is 5.91 Å². The third-order valence-electron chi connectivity index (χ3n) is 6.22. The number of fused-ring (bicyclic) bond motifs is 1. The van der Waals surface area contributed by atoms with Gasteiger partial charge in [-0.25, -0.2) is 8.78 Å². The predicted octanol–water partition coefficient (Wildman–Crippen LogP) is 4.86. The van der Waals surface area contributed by atoms with Crippen LogP contribution in [-0.2, 0) is 4.79 Å². The van der Waals surface area contributed by atoms with E-state index in [9.17, 15) is 18.4 Å². The summed E-state index contributed by atoms with van der Waals surface area (Å²) in [6, 6.07) is 14.2. The van der Waals surface area contributed by atoms with Gasteiger partial charge in [0.05, 0.1) is 19.1 Å².